The zero-order valence-corrected chi connectivity index (χ0v) is 12.5. The molecule has 0 atom stereocenters. The van der Waals surface area contributed by atoms with Crippen molar-refractivity contribution in [3.8, 4) is 0 Å². The summed E-state index contributed by atoms with van der Waals surface area (Å²) in [7, 11) is 0. The molecule has 0 spiro atoms. The van der Waals surface area contributed by atoms with Gasteiger partial charge in [0.25, 0.3) is 5.91 Å². The maximum atomic E-state index is 11.3. The highest BCUT2D eigenvalue weighted by atomic mass is 16.5. The summed E-state index contributed by atoms with van der Waals surface area (Å²) in [4.78, 5) is 18.3. The van der Waals surface area contributed by atoms with Gasteiger partial charge in [0.2, 0.25) is 0 Å². The number of benzene rings is 1. The minimum absolute atomic E-state index is 0.454. The van der Waals surface area contributed by atoms with Crippen molar-refractivity contribution in [1.82, 2.24) is 15.4 Å². The van der Waals surface area contributed by atoms with Gasteiger partial charge in [-0.3, -0.25) is 19.9 Å². The average molecular weight is 297 g/mol. The summed E-state index contributed by atoms with van der Waals surface area (Å²) in [6, 6.07) is 11.5. The summed E-state index contributed by atoms with van der Waals surface area (Å²) in [6.07, 6.45) is 0.974. The van der Waals surface area contributed by atoms with Crippen molar-refractivity contribution in [2.24, 2.45) is 0 Å². The first-order valence-corrected chi connectivity index (χ1v) is 7.37. The van der Waals surface area contributed by atoms with Crippen LogP contribution in [0.25, 0.3) is 0 Å². The van der Waals surface area contributed by atoms with Gasteiger partial charge in [-0.05, 0) is 36.2 Å². The molecule has 3 rings (SSSR count). The lowest BCUT2D eigenvalue weighted by molar-refractivity contribution is 0.0706. The number of hydroxylamine groups is 1. The van der Waals surface area contributed by atoms with Crippen LogP contribution in [-0.4, -0.2) is 27.5 Å². The van der Waals surface area contributed by atoms with Crippen LogP contribution >= 0.6 is 0 Å². The van der Waals surface area contributed by atoms with E-state index in [9.17, 15) is 4.79 Å². The van der Waals surface area contributed by atoms with Crippen molar-refractivity contribution >= 4 is 5.91 Å². The van der Waals surface area contributed by atoms with Gasteiger partial charge in [-0.25, -0.2) is 5.48 Å². The molecule has 2 heterocycles. The first kappa shape index (κ1) is 14.7. The first-order chi connectivity index (χ1) is 10.7. The van der Waals surface area contributed by atoms with E-state index < -0.39 is 5.91 Å². The predicted octanol–water partition coefficient (Wildman–Crippen LogP) is 2.07. The molecule has 1 aliphatic heterocycles. The molecule has 1 aromatic heterocycles. The normalized spacial score (nSPS) is 14.5. The third kappa shape index (κ3) is 3.16. The summed E-state index contributed by atoms with van der Waals surface area (Å²) in [5.41, 5.74) is 6.83. The second-order valence-electron chi connectivity index (χ2n) is 5.66. The molecule has 0 aliphatic carbocycles. The monoisotopic (exact) mass is 297 g/mol. The molecular formula is C17H19N3O2. The number of rotatable bonds is 3. The number of aromatic nitrogens is 1. The highest BCUT2D eigenvalue weighted by Crippen LogP contribution is 2.19. The Labute approximate surface area is 129 Å². The van der Waals surface area contributed by atoms with E-state index in [0.29, 0.717) is 5.56 Å². The molecule has 2 aromatic rings. The zero-order chi connectivity index (χ0) is 15.5. The van der Waals surface area contributed by atoms with E-state index in [1.54, 1.807) is 17.6 Å². The van der Waals surface area contributed by atoms with Crippen LogP contribution in [0.2, 0.25) is 0 Å². The van der Waals surface area contributed by atoms with Crippen LogP contribution in [0.1, 0.15) is 32.9 Å². The van der Waals surface area contributed by atoms with E-state index in [0.717, 1.165) is 37.3 Å². The average Bonchev–Trinajstić information content (AvgIpc) is 2.55. The minimum atomic E-state index is -0.486. The van der Waals surface area contributed by atoms with E-state index in [1.807, 2.05) is 19.1 Å². The van der Waals surface area contributed by atoms with Crippen molar-refractivity contribution in [2.45, 2.75) is 26.4 Å². The van der Waals surface area contributed by atoms with E-state index in [4.69, 9.17) is 5.21 Å². The maximum Gasteiger partial charge on any atom is 0.274 e. The topological polar surface area (TPSA) is 65.5 Å². The van der Waals surface area contributed by atoms with Gasteiger partial charge < -0.3 is 0 Å². The largest absolute Gasteiger partial charge is 0.294 e. The lowest BCUT2D eigenvalue weighted by atomic mass is 10.0. The van der Waals surface area contributed by atoms with Gasteiger partial charge in [-0.15, -0.1) is 0 Å². The fraction of sp³-hybridized carbons (Fsp3) is 0.294. The number of hydrogen-bond donors (Lipinski definition) is 2. The molecular weight excluding hydrogens is 278 g/mol. The molecule has 1 aromatic carbocycles. The Morgan fingerprint density at radius 2 is 2.05 bits per heavy atom. The number of pyridine rings is 1. The molecule has 1 aliphatic rings. The number of amides is 1. The molecule has 0 saturated heterocycles. The van der Waals surface area contributed by atoms with E-state index in [1.165, 1.54) is 11.3 Å². The molecule has 2 N–H and O–H groups in total. The van der Waals surface area contributed by atoms with Crippen molar-refractivity contribution in [1.29, 1.82) is 0 Å². The molecule has 5 heteroatoms. The summed E-state index contributed by atoms with van der Waals surface area (Å²) < 4.78 is 0. The number of hydrogen-bond acceptors (Lipinski definition) is 4. The summed E-state index contributed by atoms with van der Waals surface area (Å²) in [6.45, 7) is 4.76. The van der Waals surface area contributed by atoms with Gasteiger partial charge in [0, 0.05) is 43.0 Å². The molecule has 0 radical (unpaired) electrons. The van der Waals surface area contributed by atoms with Gasteiger partial charge >= 0.3 is 0 Å². The Morgan fingerprint density at radius 3 is 2.77 bits per heavy atom. The SMILES string of the molecule is Cc1ccc2c(n1)CCN(Cc1ccc(C(=O)NO)cc1)C2. The predicted molar refractivity (Wildman–Crippen MR) is 82.5 cm³/mol. The molecule has 22 heavy (non-hydrogen) atoms. The summed E-state index contributed by atoms with van der Waals surface area (Å²) in [5, 5.41) is 8.62. The Bertz CT molecular complexity index is 683. The third-order valence-corrected chi connectivity index (χ3v) is 3.99. The van der Waals surface area contributed by atoms with E-state index >= 15 is 0 Å². The Hall–Kier alpha value is -2.24. The lowest BCUT2D eigenvalue weighted by Gasteiger charge is -2.28. The van der Waals surface area contributed by atoms with Crippen LogP contribution < -0.4 is 5.48 Å². The van der Waals surface area contributed by atoms with Crippen LogP contribution in [0, 0.1) is 6.92 Å². The Morgan fingerprint density at radius 1 is 1.27 bits per heavy atom. The molecule has 0 bridgehead atoms. The minimum Gasteiger partial charge on any atom is -0.294 e. The van der Waals surface area contributed by atoms with Crippen LogP contribution in [0.3, 0.4) is 0 Å². The van der Waals surface area contributed by atoms with Crippen LogP contribution in [0.15, 0.2) is 36.4 Å². The summed E-state index contributed by atoms with van der Waals surface area (Å²) >= 11 is 0. The molecule has 5 nitrogen and oxygen atoms in total. The van der Waals surface area contributed by atoms with Crippen LogP contribution in [0.5, 0.6) is 0 Å². The zero-order valence-electron chi connectivity index (χ0n) is 12.5. The van der Waals surface area contributed by atoms with Gasteiger partial charge in [-0.2, -0.15) is 0 Å². The highest BCUT2D eigenvalue weighted by molar-refractivity contribution is 5.93. The van der Waals surface area contributed by atoms with Gasteiger partial charge in [-0.1, -0.05) is 18.2 Å². The first-order valence-electron chi connectivity index (χ1n) is 7.37. The second kappa shape index (κ2) is 6.25. The van der Waals surface area contributed by atoms with E-state index in [-0.39, 0.29) is 0 Å². The van der Waals surface area contributed by atoms with Crippen molar-refractivity contribution in [3.63, 3.8) is 0 Å². The number of nitrogens with zero attached hydrogens (tertiary/aromatic N) is 2. The van der Waals surface area contributed by atoms with Crippen molar-refractivity contribution in [2.75, 3.05) is 6.54 Å². The van der Waals surface area contributed by atoms with E-state index in [2.05, 4.69) is 22.0 Å². The second-order valence-corrected chi connectivity index (χ2v) is 5.66. The van der Waals surface area contributed by atoms with Crippen LogP contribution in [-0.2, 0) is 19.5 Å². The molecule has 0 saturated carbocycles. The quantitative estimate of drug-likeness (QED) is 0.672. The highest BCUT2D eigenvalue weighted by Gasteiger charge is 2.17. The van der Waals surface area contributed by atoms with Gasteiger partial charge in [0.15, 0.2) is 0 Å². The van der Waals surface area contributed by atoms with Gasteiger partial charge in [0.05, 0.1) is 0 Å². The maximum absolute atomic E-state index is 11.3. The Balaban J connectivity index is 1.67. The molecule has 114 valence electrons. The number of aryl methyl sites for hydroxylation is 1. The molecule has 0 fully saturated rings. The number of nitrogens with one attached hydrogen (secondary N) is 1. The number of carbonyl (C=O) groups is 1. The smallest absolute Gasteiger partial charge is 0.274 e. The number of fused-ring (bicyclic) bond motifs is 1. The number of carbonyl (C=O) groups excluding carboxylic acids is 1. The summed E-state index contributed by atoms with van der Waals surface area (Å²) in [5.74, 6) is -0.486. The van der Waals surface area contributed by atoms with Crippen molar-refractivity contribution in [3.05, 3.63) is 64.5 Å². The molecule has 1 amide bonds. The molecule has 0 unspecified atom stereocenters. The lowest BCUT2D eigenvalue weighted by Crippen LogP contribution is -2.30. The fourth-order valence-electron chi connectivity index (χ4n) is 2.80. The van der Waals surface area contributed by atoms with Crippen LogP contribution in [0.4, 0.5) is 0 Å². The third-order valence-electron chi connectivity index (χ3n) is 3.99. The van der Waals surface area contributed by atoms with Gasteiger partial charge in [0.1, 0.15) is 0 Å². The fourth-order valence-corrected chi connectivity index (χ4v) is 2.80. The standard InChI is InChI=1S/C17H19N3O2/c1-12-2-5-15-11-20(9-8-16(15)18-12)10-13-3-6-14(7-4-13)17(21)19-22/h2-7,22H,8-11H2,1H3,(H,19,21). The van der Waals surface area contributed by atoms with Crippen molar-refractivity contribution < 1.29 is 10.0 Å². The Kier molecular flexibility index (Phi) is 4.18.